The van der Waals surface area contributed by atoms with E-state index in [1.807, 2.05) is 0 Å². The van der Waals surface area contributed by atoms with Gasteiger partial charge in [-0.05, 0) is 12.4 Å². The summed E-state index contributed by atoms with van der Waals surface area (Å²) in [6.45, 7) is -2.83. The summed E-state index contributed by atoms with van der Waals surface area (Å²) < 4.78 is 35.6. The van der Waals surface area contributed by atoms with E-state index in [9.17, 15) is 17.7 Å². The van der Waals surface area contributed by atoms with E-state index in [0.717, 1.165) is 4.90 Å². The Kier molecular flexibility index (Phi) is 5.54. The minimum Gasteiger partial charge on any atom is -0.448 e. The monoisotopic (exact) mass is 219 g/mol. The molecule has 0 aliphatic carbocycles. The van der Waals surface area contributed by atoms with Gasteiger partial charge in [-0.3, -0.25) is 4.79 Å². The molecule has 0 N–H and O–H groups in total. The van der Waals surface area contributed by atoms with E-state index in [1.54, 1.807) is 6.92 Å². The van der Waals surface area contributed by atoms with Crippen LogP contribution >= 0.6 is 0 Å². The fourth-order valence-corrected chi connectivity index (χ4v) is 1.40. The van der Waals surface area contributed by atoms with E-state index in [2.05, 4.69) is 0 Å². The molecular weight excluding hydrogens is 209 g/mol. The Hall–Kier alpha value is 0.961. The number of rotatable bonds is 2. The van der Waals surface area contributed by atoms with Gasteiger partial charge in [-0.15, -0.1) is 0 Å². The van der Waals surface area contributed by atoms with Crippen LogP contribution in [0.25, 0.3) is 0 Å². The van der Waals surface area contributed by atoms with E-state index >= 15 is 0 Å². The molecule has 0 aromatic rings. The van der Waals surface area contributed by atoms with Crippen LogP contribution in [-0.2, 0) is 4.79 Å². The number of carbonyl (C=O) groups excluding carboxylic acids is 1. The molecule has 1 rings (SSSR count). The van der Waals surface area contributed by atoms with Crippen molar-refractivity contribution in [2.24, 2.45) is 5.92 Å². The quantitative estimate of drug-likeness (QED) is 0.504. The molecule has 1 amide bonds. The first-order valence-electron chi connectivity index (χ1n) is 3.87. The molecule has 70 valence electrons. The van der Waals surface area contributed by atoms with Crippen LogP contribution in [0, 0.1) is 5.92 Å². The summed E-state index contributed by atoms with van der Waals surface area (Å²) in [5, 5.41) is 0. The Morgan fingerprint density at radius 1 is 1.54 bits per heavy atom. The van der Waals surface area contributed by atoms with Crippen molar-refractivity contribution in [3.05, 3.63) is 0 Å². The van der Waals surface area contributed by atoms with E-state index in [-0.39, 0.29) is 76.2 Å². The van der Waals surface area contributed by atoms with Crippen molar-refractivity contribution in [2.45, 2.75) is 13.3 Å². The number of amides is 1. The largest absolute Gasteiger partial charge is 1.00 e. The van der Waals surface area contributed by atoms with Crippen LogP contribution in [0.1, 0.15) is 13.3 Å². The van der Waals surface area contributed by atoms with Gasteiger partial charge >= 0.3 is 58.4 Å². The normalized spacial score (nSPS) is 23.2. The third-order valence-electron chi connectivity index (χ3n) is 1.84. The summed E-state index contributed by atoms with van der Waals surface area (Å²) >= 11 is 0. The summed E-state index contributed by atoms with van der Waals surface area (Å²) in [6, 6.07) is 0. The number of carbonyl (C=O) groups is 1. The molecule has 0 saturated carbocycles. The van der Waals surface area contributed by atoms with Gasteiger partial charge in [-0.2, -0.15) is 0 Å². The fraction of sp³-hybridized carbons (Fsp3) is 0.833. The Morgan fingerprint density at radius 3 is 2.38 bits per heavy atom. The molecule has 1 saturated heterocycles. The van der Waals surface area contributed by atoms with Gasteiger partial charge in [0.05, 0.1) is 0 Å². The molecule has 1 heterocycles. The minimum atomic E-state index is -4.86. The molecule has 0 bridgehead atoms. The number of likely N-dealkylation sites (tertiary alicyclic amines) is 1. The maximum atomic E-state index is 11.9. The molecule has 1 atom stereocenters. The first-order chi connectivity index (χ1) is 5.38. The number of nitrogens with zero attached hydrogens (tertiary/aromatic N) is 1. The first kappa shape index (κ1) is 14.0. The van der Waals surface area contributed by atoms with Gasteiger partial charge in [0.2, 0.25) is 5.91 Å². The zero-order valence-electron chi connectivity index (χ0n) is 7.77. The number of halogens is 3. The summed E-state index contributed by atoms with van der Waals surface area (Å²) in [5.74, 6) is -0.308. The van der Waals surface area contributed by atoms with Crippen LogP contribution in [0.5, 0.6) is 0 Å². The Labute approximate surface area is 118 Å². The van der Waals surface area contributed by atoms with Crippen LogP contribution in [-0.4, -0.2) is 30.8 Å². The molecule has 0 radical (unpaired) electrons. The molecule has 0 aromatic carbocycles. The molecule has 1 aliphatic heterocycles. The standard InChI is InChI=1S/C6H10BF3NO.K/c1-5-2-6(12)11(3-5)4-7(8,9)10;/h5H,2-4H2,1H3;/q-1;+1. The second kappa shape index (κ2) is 5.16. The van der Waals surface area contributed by atoms with Crippen molar-refractivity contribution in [1.82, 2.24) is 4.90 Å². The van der Waals surface area contributed by atoms with E-state index < -0.39 is 13.4 Å². The van der Waals surface area contributed by atoms with Gasteiger partial charge in [0.25, 0.3) is 0 Å². The van der Waals surface area contributed by atoms with E-state index in [1.165, 1.54) is 0 Å². The van der Waals surface area contributed by atoms with Gasteiger partial charge in [-0.25, -0.2) is 0 Å². The average molecular weight is 219 g/mol. The Balaban J connectivity index is 0.00000144. The zero-order chi connectivity index (χ0) is 9.35. The SMILES string of the molecule is CC1CC(=O)N(C[B-](F)(F)F)C1.[K+]. The van der Waals surface area contributed by atoms with Crippen LogP contribution in [0.4, 0.5) is 12.9 Å². The predicted molar refractivity (Wildman–Crippen MR) is 39.4 cm³/mol. The van der Waals surface area contributed by atoms with Crippen molar-refractivity contribution in [2.75, 3.05) is 13.0 Å². The second-order valence-corrected chi connectivity index (χ2v) is 3.32. The maximum absolute atomic E-state index is 11.9. The molecule has 7 heteroatoms. The Bertz CT molecular complexity index is 199. The van der Waals surface area contributed by atoms with Gasteiger partial charge in [0, 0.05) is 13.0 Å². The average Bonchev–Trinajstić information content (AvgIpc) is 2.06. The third kappa shape index (κ3) is 4.83. The number of hydrogen-bond acceptors (Lipinski definition) is 1. The third-order valence-corrected chi connectivity index (χ3v) is 1.84. The molecule has 1 fully saturated rings. The van der Waals surface area contributed by atoms with Gasteiger partial charge < -0.3 is 17.8 Å². The molecule has 0 spiro atoms. The molecular formula is C6H10BF3KNO. The molecule has 1 unspecified atom stereocenters. The maximum Gasteiger partial charge on any atom is 1.00 e. The summed E-state index contributed by atoms with van der Waals surface area (Å²) in [7, 11) is 0. The van der Waals surface area contributed by atoms with Crippen LogP contribution in [0.3, 0.4) is 0 Å². The fourth-order valence-electron chi connectivity index (χ4n) is 1.40. The topological polar surface area (TPSA) is 20.3 Å². The second-order valence-electron chi connectivity index (χ2n) is 3.32. The Morgan fingerprint density at radius 2 is 2.08 bits per heavy atom. The van der Waals surface area contributed by atoms with Gasteiger partial charge in [0.15, 0.2) is 0 Å². The van der Waals surface area contributed by atoms with E-state index in [4.69, 9.17) is 0 Å². The van der Waals surface area contributed by atoms with E-state index in [0.29, 0.717) is 0 Å². The van der Waals surface area contributed by atoms with Crippen LogP contribution in [0.2, 0.25) is 0 Å². The summed E-state index contributed by atoms with van der Waals surface area (Å²) in [5.41, 5.74) is 0. The summed E-state index contributed by atoms with van der Waals surface area (Å²) in [6.07, 6.45) is -0.782. The predicted octanol–water partition coefficient (Wildman–Crippen LogP) is -1.75. The van der Waals surface area contributed by atoms with Crippen LogP contribution in [0.15, 0.2) is 0 Å². The van der Waals surface area contributed by atoms with Crippen molar-refractivity contribution >= 4 is 12.9 Å². The van der Waals surface area contributed by atoms with Crippen molar-refractivity contribution in [1.29, 1.82) is 0 Å². The molecule has 0 aromatic heterocycles. The van der Waals surface area contributed by atoms with Gasteiger partial charge in [0.1, 0.15) is 0 Å². The summed E-state index contributed by atoms with van der Waals surface area (Å²) in [4.78, 5) is 11.8. The van der Waals surface area contributed by atoms with Crippen LogP contribution < -0.4 is 51.4 Å². The molecule has 13 heavy (non-hydrogen) atoms. The van der Waals surface area contributed by atoms with Crippen molar-refractivity contribution < 1.29 is 69.1 Å². The molecule has 1 aliphatic rings. The van der Waals surface area contributed by atoms with Crippen molar-refractivity contribution in [3.8, 4) is 0 Å². The zero-order valence-corrected chi connectivity index (χ0v) is 10.9. The minimum absolute atomic E-state index is 0. The van der Waals surface area contributed by atoms with Crippen molar-refractivity contribution in [3.63, 3.8) is 0 Å². The van der Waals surface area contributed by atoms with Gasteiger partial charge in [-0.1, -0.05) is 6.92 Å². The molecule has 2 nitrogen and oxygen atoms in total. The first-order valence-corrected chi connectivity index (χ1v) is 3.87. The number of hydrogen-bond donors (Lipinski definition) is 0. The smallest absolute Gasteiger partial charge is 0.448 e.